The fraction of sp³-hybridized carbons (Fsp3) is 0.350. The Morgan fingerprint density at radius 3 is 2.82 bits per heavy atom. The molecule has 8 heteroatoms. The number of halogens is 1. The Hall–Kier alpha value is -2.76. The van der Waals surface area contributed by atoms with E-state index in [1.807, 2.05) is 17.2 Å². The van der Waals surface area contributed by atoms with E-state index >= 15 is 0 Å². The molecule has 2 heterocycles. The van der Waals surface area contributed by atoms with Crippen molar-refractivity contribution in [1.82, 2.24) is 9.38 Å². The lowest BCUT2D eigenvalue weighted by Gasteiger charge is -2.22. The number of thiazole rings is 1. The largest absolute Gasteiger partial charge is 0.395 e. The van der Waals surface area contributed by atoms with Crippen LogP contribution in [0.1, 0.15) is 30.7 Å². The summed E-state index contributed by atoms with van der Waals surface area (Å²) in [6.07, 6.45) is 0.550. The Kier molecular flexibility index (Phi) is 4.65. The van der Waals surface area contributed by atoms with Gasteiger partial charge in [-0.05, 0) is 37.6 Å². The first-order valence-electron chi connectivity index (χ1n) is 9.04. The summed E-state index contributed by atoms with van der Waals surface area (Å²) < 4.78 is 14.7. The monoisotopic (exact) mass is 398 g/mol. The van der Waals surface area contributed by atoms with Crippen molar-refractivity contribution >= 4 is 22.0 Å². The maximum Gasteiger partial charge on any atom is 0.259 e. The number of anilines is 1. The molecule has 6 nitrogen and oxygen atoms in total. The highest BCUT2D eigenvalue weighted by Gasteiger charge is 2.56. The summed E-state index contributed by atoms with van der Waals surface area (Å²) in [5.74, 6) is -0.437. The third-order valence-electron chi connectivity index (χ3n) is 5.35. The molecule has 0 aliphatic heterocycles. The second kappa shape index (κ2) is 7.00. The number of nitrogens with zero attached hydrogens (tertiary/aromatic N) is 4. The van der Waals surface area contributed by atoms with Gasteiger partial charge in [0.25, 0.3) is 5.56 Å². The predicted octanol–water partition coefficient (Wildman–Crippen LogP) is 2.91. The van der Waals surface area contributed by atoms with Crippen LogP contribution in [-0.4, -0.2) is 27.6 Å². The molecule has 0 bridgehead atoms. The molecule has 0 radical (unpaired) electrons. The number of aliphatic hydroxyl groups is 1. The first kappa shape index (κ1) is 18.6. The average Bonchev–Trinajstić information content (AvgIpc) is 3.28. The lowest BCUT2D eigenvalue weighted by molar-refractivity contribution is 0.241. The molecule has 0 unspecified atom stereocenters. The van der Waals surface area contributed by atoms with Crippen LogP contribution in [0, 0.1) is 22.6 Å². The van der Waals surface area contributed by atoms with E-state index < -0.39 is 5.41 Å². The lowest BCUT2D eigenvalue weighted by Crippen LogP contribution is -2.25. The van der Waals surface area contributed by atoms with Gasteiger partial charge in [0.2, 0.25) is 0 Å². The molecule has 1 saturated carbocycles. The summed E-state index contributed by atoms with van der Waals surface area (Å²) >= 11 is 1.36. The number of nitriles is 1. The van der Waals surface area contributed by atoms with Gasteiger partial charge < -0.3 is 10.0 Å². The topological polar surface area (TPSA) is 81.6 Å². The Balaban J connectivity index is 1.65. The van der Waals surface area contributed by atoms with Gasteiger partial charge in [-0.1, -0.05) is 0 Å². The van der Waals surface area contributed by atoms with Gasteiger partial charge in [0, 0.05) is 35.3 Å². The number of rotatable bonds is 6. The molecule has 2 aromatic heterocycles. The van der Waals surface area contributed by atoms with Crippen molar-refractivity contribution in [2.45, 2.75) is 25.8 Å². The number of hydrogen-bond acceptors (Lipinski definition) is 6. The summed E-state index contributed by atoms with van der Waals surface area (Å²) in [6, 6.07) is 9.91. The predicted molar refractivity (Wildman–Crippen MR) is 105 cm³/mol. The minimum absolute atomic E-state index is 0.145. The second-order valence-electron chi connectivity index (χ2n) is 7.04. The molecule has 3 aromatic rings. The maximum atomic E-state index is 13.2. The number of fused-ring (bicyclic) bond motifs is 1. The molecule has 1 aliphatic rings. The van der Waals surface area contributed by atoms with Crippen LogP contribution in [0.25, 0.3) is 4.96 Å². The van der Waals surface area contributed by atoms with Crippen LogP contribution in [0.5, 0.6) is 0 Å². The van der Waals surface area contributed by atoms with Crippen molar-refractivity contribution in [3.8, 4) is 6.07 Å². The molecule has 0 spiro atoms. The van der Waals surface area contributed by atoms with Gasteiger partial charge in [-0.15, -0.1) is 11.3 Å². The Morgan fingerprint density at radius 2 is 2.21 bits per heavy atom. The molecular weight excluding hydrogens is 379 g/mol. The van der Waals surface area contributed by atoms with E-state index in [4.69, 9.17) is 0 Å². The van der Waals surface area contributed by atoms with E-state index in [0.29, 0.717) is 30.2 Å². The van der Waals surface area contributed by atoms with Crippen molar-refractivity contribution < 1.29 is 9.50 Å². The molecular formula is C20H19FN4O2S. The van der Waals surface area contributed by atoms with Gasteiger partial charge in [0.1, 0.15) is 5.82 Å². The Morgan fingerprint density at radius 1 is 1.46 bits per heavy atom. The average molecular weight is 398 g/mol. The highest BCUT2D eigenvalue weighted by Crippen LogP contribution is 2.58. The molecule has 1 fully saturated rings. The van der Waals surface area contributed by atoms with Crippen LogP contribution in [-0.2, 0) is 6.54 Å². The van der Waals surface area contributed by atoms with E-state index in [2.05, 4.69) is 11.1 Å². The SMILES string of the molecule is CCN(Cc1cc(=O)n2c([C@@H]3C[C@@]3(C#N)CO)csc2n1)c1ccc(F)cc1. The van der Waals surface area contributed by atoms with Crippen molar-refractivity contribution in [2.24, 2.45) is 5.41 Å². The molecule has 0 saturated heterocycles. The number of aliphatic hydroxyl groups excluding tert-OH is 1. The summed E-state index contributed by atoms with van der Waals surface area (Å²) in [7, 11) is 0. The zero-order valence-corrected chi connectivity index (χ0v) is 16.1. The standard InChI is InChI=1S/C20H19FN4O2S/c1-2-24(15-5-3-13(21)4-6-15)9-14-7-18(27)25-17(10-28-19(25)23-14)16-8-20(16,11-22)12-26/h3-7,10,16,26H,2,8-9,12H2,1H3/t16-,20+/m0/s1. The van der Waals surface area contributed by atoms with Gasteiger partial charge in [-0.25, -0.2) is 9.37 Å². The minimum atomic E-state index is -0.784. The maximum absolute atomic E-state index is 13.2. The van der Waals surface area contributed by atoms with E-state index in [1.54, 1.807) is 16.5 Å². The van der Waals surface area contributed by atoms with E-state index in [1.165, 1.54) is 29.5 Å². The van der Waals surface area contributed by atoms with Crippen molar-refractivity contribution in [3.05, 3.63) is 63.3 Å². The summed E-state index contributed by atoms with van der Waals surface area (Å²) in [6.45, 7) is 2.89. The third kappa shape index (κ3) is 3.07. The molecule has 4 rings (SSSR count). The molecule has 1 aliphatic carbocycles. The van der Waals surface area contributed by atoms with Crippen molar-refractivity contribution in [1.29, 1.82) is 5.26 Å². The number of aromatic nitrogens is 2. The molecule has 0 amide bonds. The lowest BCUT2D eigenvalue weighted by atomic mass is 10.1. The summed E-state index contributed by atoms with van der Waals surface area (Å²) in [4.78, 5) is 20.0. The van der Waals surface area contributed by atoms with E-state index in [9.17, 15) is 19.6 Å². The zero-order chi connectivity index (χ0) is 19.9. The normalized spacial score (nSPS) is 20.9. The fourth-order valence-electron chi connectivity index (χ4n) is 3.57. The zero-order valence-electron chi connectivity index (χ0n) is 15.3. The first-order valence-corrected chi connectivity index (χ1v) is 9.92. The molecule has 1 aromatic carbocycles. The summed E-state index contributed by atoms with van der Waals surface area (Å²) in [5.41, 5.74) is 1.26. The number of hydrogen-bond donors (Lipinski definition) is 1. The fourth-order valence-corrected chi connectivity index (χ4v) is 4.53. The van der Waals surface area contributed by atoms with Gasteiger partial charge in [-0.3, -0.25) is 9.20 Å². The van der Waals surface area contributed by atoms with Crippen molar-refractivity contribution in [3.63, 3.8) is 0 Å². The van der Waals surface area contributed by atoms with Crippen LogP contribution in [0.4, 0.5) is 10.1 Å². The second-order valence-corrected chi connectivity index (χ2v) is 7.87. The van der Waals surface area contributed by atoms with Gasteiger partial charge in [-0.2, -0.15) is 5.26 Å². The van der Waals surface area contributed by atoms with Gasteiger partial charge >= 0.3 is 0 Å². The van der Waals surface area contributed by atoms with Crippen molar-refractivity contribution in [2.75, 3.05) is 18.1 Å². The van der Waals surface area contributed by atoms with E-state index in [0.717, 1.165) is 11.4 Å². The van der Waals surface area contributed by atoms with Crippen LogP contribution < -0.4 is 10.5 Å². The summed E-state index contributed by atoms with van der Waals surface area (Å²) in [5, 5.41) is 20.7. The molecule has 1 N–H and O–H groups in total. The van der Waals surface area contributed by atoms with E-state index in [-0.39, 0.29) is 23.9 Å². The van der Waals surface area contributed by atoms with Crippen LogP contribution >= 0.6 is 11.3 Å². The van der Waals surface area contributed by atoms with Gasteiger partial charge in [0.05, 0.1) is 30.3 Å². The third-order valence-corrected chi connectivity index (χ3v) is 6.19. The van der Waals surface area contributed by atoms with Gasteiger partial charge in [0.15, 0.2) is 4.96 Å². The molecule has 28 heavy (non-hydrogen) atoms. The Labute approximate surface area is 165 Å². The highest BCUT2D eigenvalue weighted by molar-refractivity contribution is 7.15. The molecule has 144 valence electrons. The first-order chi connectivity index (χ1) is 13.5. The highest BCUT2D eigenvalue weighted by atomic mass is 32.1. The number of benzene rings is 1. The van der Waals surface area contributed by atoms with Crippen LogP contribution in [0.3, 0.4) is 0 Å². The Bertz CT molecular complexity index is 1120. The molecule has 2 atom stereocenters. The smallest absolute Gasteiger partial charge is 0.259 e. The van der Waals surface area contributed by atoms with Crippen LogP contribution in [0.2, 0.25) is 0 Å². The minimum Gasteiger partial charge on any atom is -0.395 e. The quantitative estimate of drug-likeness (QED) is 0.690. The van der Waals surface area contributed by atoms with Crippen LogP contribution in [0.15, 0.2) is 40.5 Å².